The van der Waals surface area contributed by atoms with Gasteiger partial charge in [-0.3, -0.25) is 9.69 Å². The van der Waals surface area contributed by atoms with E-state index in [4.69, 9.17) is 4.74 Å². The molecular weight excluding hydrogens is 473 g/mol. The Morgan fingerprint density at radius 2 is 1.83 bits per heavy atom. The van der Waals surface area contributed by atoms with Gasteiger partial charge >= 0.3 is 12.1 Å². The van der Waals surface area contributed by atoms with E-state index in [-0.39, 0.29) is 12.1 Å². The summed E-state index contributed by atoms with van der Waals surface area (Å²) in [6.45, 7) is 5.17. The Morgan fingerprint density at radius 3 is 2.63 bits per heavy atom. The van der Waals surface area contributed by atoms with Crippen LogP contribution in [0.1, 0.15) is 57.4 Å². The van der Waals surface area contributed by atoms with Crippen LogP contribution >= 0.6 is 11.8 Å². The zero-order chi connectivity index (χ0) is 24.8. The van der Waals surface area contributed by atoms with Crippen LogP contribution in [0, 0.1) is 0 Å². The standard InChI is InChI=1S/C27H33F3N2O2S/c1-2-3-4-5-11-26(33)34-21-14-17-31(19-21)15-8-16-32-22-9-6-7-10-24(22)35-25-13-12-20(18-23(25)32)27(28,29)30/h6-7,9-10,12-13,18,21H,2-5,8,11,14-17,19H2,1H3. The summed E-state index contributed by atoms with van der Waals surface area (Å²) in [7, 11) is 0. The first-order valence-electron chi connectivity index (χ1n) is 12.5. The molecule has 4 rings (SSSR count). The minimum absolute atomic E-state index is 0.0594. The normalized spacial score (nSPS) is 17.8. The van der Waals surface area contributed by atoms with Crippen molar-refractivity contribution in [3.63, 3.8) is 0 Å². The average molecular weight is 507 g/mol. The summed E-state index contributed by atoms with van der Waals surface area (Å²) in [4.78, 5) is 18.3. The van der Waals surface area contributed by atoms with Gasteiger partial charge in [0.15, 0.2) is 0 Å². The summed E-state index contributed by atoms with van der Waals surface area (Å²) < 4.78 is 45.9. The van der Waals surface area contributed by atoms with E-state index in [2.05, 4.69) is 11.8 Å². The quantitative estimate of drug-likeness (QED) is 0.250. The van der Waals surface area contributed by atoms with Crippen LogP contribution in [0.3, 0.4) is 0 Å². The second-order valence-electron chi connectivity index (χ2n) is 9.27. The molecule has 2 aromatic carbocycles. The van der Waals surface area contributed by atoms with Crippen LogP contribution in [-0.4, -0.2) is 43.2 Å². The topological polar surface area (TPSA) is 32.8 Å². The molecule has 1 unspecified atom stereocenters. The maximum absolute atomic E-state index is 13.4. The van der Waals surface area contributed by atoms with Crippen LogP contribution in [-0.2, 0) is 15.7 Å². The molecular formula is C27H33F3N2O2S. The third-order valence-corrected chi connectivity index (χ3v) is 7.70. The molecule has 0 radical (unpaired) electrons. The van der Waals surface area contributed by atoms with Crippen molar-refractivity contribution in [3.8, 4) is 0 Å². The number of fused-ring (bicyclic) bond motifs is 2. The smallest absolute Gasteiger partial charge is 0.416 e. The molecule has 35 heavy (non-hydrogen) atoms. The fourth-order valence-electron chi connectivity index (χ4n) is 4.74. The molecule has 2 heterocycles. The third-order valence-electron chi connectivity index (χ3n) is 6.57. The van der Waals surface area contributed by atoms with E-state index in [0.29, 0.717) is 18.7 Å². The Hall–Kier alpha value is -2.19. The average Bonchev–Trinajstić information content (AvgIpc) is 3.27. The maximum atomic E-state index is 13.4. The molecule has 0 amide bonds. The van der Waals surface area contributed by atoms with Crippen molar-refractivity contribution in [3.05, 3.63) is 48.0 Å². The second-order valence-corrected chi connectivity index (χ2v) is 10.4. The lowest BCUT2D eigenvalue weighted by Crippen LogP contribution is -2.29. The highest BCUT2D eigenvalue weighted by Gasteiger charge is 2.33. The van der Waals surface area contributed by atoms with E-state index in [1.165, 1.54) is 17.8 Å². The number of anilines is 2. The highest BCUT2D eigenvalue weighted by atomic mass is 32.2. The molecule has 1 saturated heterocycles. The number of esters is 1. The van der Waals surface area contributed by atoms with Gasteiger partial charge in [-0.1, -0.05) is 50.1 Å². The number of unbranched alkanes of at least 4 members (excludes halogenated alkanes) is 3. The number of hydrogen-bond donors (Lipinski definition) is 0. The largest absolute Gasteiger partial charge is 0.461 e. The summed E-state index contributed by atoms with van der Waals surface area (Å²) in [5, 5.41) is 0. The molecule has 2 aliphatic rings. The van der Waals surface area contributed by atoms with Crippen molar-refractivity contribution in [2.24, 2.45) is 0 Å². The summed E-state index contributed by atoms with van der Waals surface area (Å²) in [6.07, 6.45) is 1.92. The number of rotatable bonds is 10. The van der Waals surface area contributed by atoms with Crippen molar-refractivity contribution in [2.45, 2.75) is 73.9 Å². The molecule has 0 aliphatic carbocycles. The van der Waals surface area contributed by atoms with Crippen molar-refractivity contribution in [2.75, 3.05) is 31.1 Å². The van der Waals surface area contributed by atoms with E-state index in [1.807, 2.05) is 29.2 Å². The Kier molecular flexibility index (Phi) is 8.65. The molecule has 0 N–H and O–H groups in total. The summed E-state index contributed by atoms with van der Waals surface area (Å²) in [5.41, 5.74) is 0.931. The summed E-state index contributed by atoms with van der Waals surface area (Å²) >= 11 is 1.51. The van der Waals surface area contributed by atoms with Gasteiger partial charge in [-0.05, 0) is 56.1 Å². The van der Waals surface area contributed by atoms with Gasteiger partial charge in [0.05, 0.1) is 16.9 Å². The Bertz CT molecular complexity index is 1010. The molecule has 8 heteroatoms. The van der Waals surface area contributed by atoms with Crippen molar-refractivity contribution in [1.82, 2.24) is 4.90 Å². The second kappa shape index (κ2) is 11.7. The van der Waals surface area contributed by atoms with Gasteiger partial charge in [0.1, 0.15) is 6.10 Å². The number of benzene rings is 2. The Morgan fingerprint density at radius 1 is 1.03 bits per heavy atom. The van der Waals surface area contributed by atoms with Crippen molar-refractivity contribution < 1.29 is 22.7 Å². The number of ether oxygens (including phenoxy) is 1. The van der Waals surface area contributed by atoms with Gasteiger partial charge in [0.25, 0.3) is 0 Å². The molecule has 190 valence electrons. The van der Waals surface area contributed by atoms with Gasteiger partial charge in [0.2, 0.25) is 0 Å². The predicted molar refractivity (Wildman–Crippen MR) is 133 cm³/mol. The van der Waals surface area contributed by atoms with E-state index in [0.717, 1.165) is 79.7 Å². The molecule has 2 aromatic rings. The molecule has 2 aliphatic heterocycles. The van der Waals surface area contributed by atoms with E-state index >= 15 is 0 Å². The highest BCUT2D eigenvalue weighted by Crippen LogP contribution is 2.49. The minimum atomic E-state index is -4.37. The number of hydrogen-bond acceptors (Lipinski definition) is 5. The molecule has 0 aromatic heterocycles. The third kappa shape index (κ3) is 6.73. The van der Waals surface area contributed by atoms with Crippen LogP contribution < -0.4 is 4.90 Å². The van der Waals surface area contributed by atoms with Crippen molar-refractivity contribution in [1.29, 1.82) is 0 Å². The summed E-state index contributed by atoms with van der Waals surface area (Å²) in [6, 6.07) is 11.9. The maximum Gasteiger partial charge on any atom is 0.416 e. The molecule has 1 atom stereocenters. The van der Waals surface area contributed by atoms with Gasteiger partial charge in [-0.15, -0.1) is 0 Å². The molecule has 1 fully saturated rings. The van der Waals surface area contributed by atoms with Crippen LogP contribution in [0.15, 0.2) is 52.3 Å². The number of carbonyl (C=O) groups is 1. The number of carbonyl (C=O) groups excluding carboxylic acids is 1. The first-order chi connectivity index (χ1) is 16.8. The van der Waals surface area contributed by atoms with E-state index < -0.39 is 11.7 Å². The van der Waals surface area contributed by atoms with Crippen molar-refractivity contribution >= 4 is 29.1 Å². The van der Waals surface area contributed by atoms with Gasteiger partial charge < -0.3 is 9.64 Å². The molecule has 0 saturated carbocycles. The zero-order valence-corrected chi connectivity index (χ0v) is 21.0. The predicted octanol–water partition coefficient (Wildman–Crippen LogP) is 7.29. The van der Waals surface area contributed by atoms with E-state index in [9.17, 15) is 18.0 Å². The summed E-state index contributed by atoms with van der Waals surface area (Å²) in [5.74, 6) is -0.104. The number of nitrogens with zero attached hydrogens (tertiary/aromatic N) is 2. The lowest BCUT2D eigenvalue weighted by atomic mass is 10.1. The van der Waals surface area contributed by atoms with E-state index in [1.54, 1.807) is 6.07 Å². The molecule has 4 nitrogen and oxygen atoms in total. The number of halogens is 3. The SMILES string of the molecule is CCCCCCC(=O)OC1CCN(CCCN2c3ccccc3Sc3ccc(C(F)(F)F)cc32)C1. The number of para-hydroxylation sites is 1. The van der Waals surface area contributed by atoms with Crippen LogP contribution in [0.2, 0.25) is 0 Å². The molecule has 0 bridgehead atoms. The Labute approximate surface area is 209 Å². The first kappa shape index (κ1) is 25.9. The fraction of sp³-hybridized carbons (Fsp3) is 0.519. The van der Waals surface area contributed by atoms with Gasteiger partial charge in [0, 0.05) is 35.8 Å². The van der Waals surface area contributed by atoms with Gasteiger partial charge in [-0.2, -0.15) is 13.2 Å². The van der Waals surface area contributed by atoms with Crippen LogP contribution in [0.5, 0.6) is 0 Å². The lowest BCUT2D eigenvalue weighted by molar-refractivity contribution is -0.148. The van der Waals surface area contributed by atoms with Gasteiger partial charge in [-0.25, -0.2) is 0 Å². The monoisotopic (exact) mass is 506 g/mol. The molecule has 0 spiro atoms. The highest BCUT2D eigenvalue weighted by molar-refractivity contribution is 7.99. The number of alkyl halides is 3. The Balaban J connectivity index is 1.33. The van der Waals surface area contributed by atoms with Crippen LogP contribution in [0.25, 0.3) is 0 Å². The lowest BCUT2D eigenvalue weighted by Gasteiger charge is -2.33. The minimum Gasteiger partial charge on any atom is -0.461 e. The fourth-order valence-corrected chi connectivity index (χ4v) is 5.81. The first-order valence-corrected chi connectivity index (χ1v) is 13.3. The zero-order valence-electron chi connectivity index (χ0n) is 20.2. The van der Waals surface area contributed by atoms with Crippen LogP contribution in [0.4, 0.5) is 24.5 Å². The number of likely N-dealkylation sites (tertiary alicyclic amines) is 1.